The molecule has 2 N–H and O–H groups in total. The van der Waals surface area contributed by atoms with Crippen molar-refractivity contribution in [1.82, 2.24) is 0 Å². The number of piperidine rings is 1. The molecule has 0 atom stereocenters. The number of hydrogen-bond donors (Lipinski definition) is 1. The van der Waals surface area contributed by atoms with Gasteiger partial charge in [0, 0.05) is 35.6 Å². The highest BCUT2D eigenvalue weighted by Gasteiger charge is 2.32. The zero-order valence-corrected chi connectivity index (χ0v) is 13.1. The van der Waals surface area contributed by atoms with Crippen LogP contribution in [0.15, 0.2) is 42.5 Å². The maximum atomic E-state index is 12.7. The number of ether oxygens (including phenoxy) is 1. The summed E-state index contributed by atoms with van der Waals surface area (Å²) in [5, 5.41) is 0. The van der Waals surface area contributed by atoms with E-state index < -0.39 is 6.36 Å². The zero-order chi connectivity index (χ0) is 17.2. The lowest BCUT2D eigenvalue weighted by atomic mass is 9.99. The van der Waals surface area contributed by atoms with Crippen molar-refractivity contribution in [1.29, 1.82) is 0 Å². The van der Waals surface area contributed by atoms with E-state index in [4.69, 9.17) is 5.73 Å². The Morgan fingerprint density at radius 2 is 1.62 bits per heavy atom. The summed E-state index contributed by atoms with van der Waals surface area (Å²) in [6.45, 7) is 1.75. The summed E-state index contributed by atoms with van der Waals surface area (Å²) < 4.78 is 42.3. The Morgan fingerprint density at radius 1 is 0.917 bits per heavy atom. The number of halogens is 3. The molecule has 128 valence electrons. The molecule has 1 aliphatic heterocycles. The van der Waals surface area contributed by atoms with Crippen LogP contribution in [0, 0.1) is 0 Å². The van der Waals surface area contributed by atoms with Crippen LogP contribution < -0.4 is 15.4 Å². The van der Waals surface area contributed by atoms with Gasteiger partial charge in [-0.2, -0.15) is 0 Å². The number of alkyl halides is 3. The van der Waals surface area contributed by atoms with Gasteiger partial charge in [0.2, 0.25) is 0 Å². The van der Waals surface area contributed by atoms with E-state index in [1.54, 1.807) is 24.3 Å². The summed E-state index contributed by atoms with van der Waals surface area (Å²) in [5.41, 5.74) is 8.47. The molecule has 3 rings (SSSR count). The predicted molar refractivity (Wildman–Crippen MR) is 89.0 cm³/mol. The van der Waals surface area contributed by atoms with Crippen molar-refractivity contribution in [3.05, 3.63) is 42.5 Å². The van der Waals surface area contributed by atoms with Crippen LogP contribution in [0.3, 0.4) is 0 Å². The lowest BCUT2D eigenvalue weighted by molar-refractivity contribution is -0.274. The quantitative estimate of drug-likeness (QED) is 0.816. The maximum Gasteiger partial charge on any atom is 0.573 e. The van der Waals surface area contributed by atoms with Gasteiger partial charge >= 0.3 is 6.36 Å². The average Bonchev–Trinajstić information content (AvgIpc) is 2.55. The largest absolute Gasteiger partial charge is 0.573 e. The highest BCUT2D eigenvalue weighted by molar-refractivity contribution is 5.84. The summed E-state index contributed by atoms with van der Waals surface area (Å²) in [7, 11) is 0. The fourth-order valence-corrected chi connectivity index (χ4v) is 3.08. The highest BCUT2D eigenvalue weighted by Crippen LogP contribution is 2.40. The molecule has 0 aliphatic carbocycles. The van der Waals surface area contributed by atoms with Crippen molar-refractivity contribution >= 4 is 11.4 Å². The molecule has 2 aromatic rings. The lowest BCUT2D eigenvalue weighted by Gasteiger charge is -2.31. The second-order valence-corrected chi connectivity index (χ2v) is 5.87. The topological polar surface area (TPSA) is 38.5 Å². The number of nitrogen functional groups attached to an aromatic ring is 1. The van der Waals surface area contributed by atoms with E-state index in [1.165, 1.54) is 18.6 Å². The molecule has 0 aromatic heterocycles. The van der Waals surface area contributed by atoms with Gasteiger partial charge < -0.3 is 15.4 Å². The zero-order valence-electron chi connectivity index (χ0n) is 13.1. The van der Waals surface area contributed by atoms with E-state index in [-0.39, 0.29) is 5.75 Å². The van der Waals surface area contributed by atoms with Crippen LogP contribution in [0.4, 0.5) is 24.5 Å². The molecular weight excluding hydrogens is 317 g/mol. The Hall–Kier alpha value is -2.37. The molecular formula is C18H19F3N2O. The molecule has 2 aromatic carbocycles. The van der Waals surface area contributed by atoms with Crippen molar-refractivity contribution in [2.75, 3.05) is 23.7 Å². The second-order valence-electron chi connectivity index (χ2n) is 5.87. The molecule has 0 saturated carbocycles. The smallest absolute Gasteiger partial charge is 0.405 e. The van der Waals surface area contributed by atoms with Gasteiger partial charge in [-0.1, -0.05) is 24.3 Å². The van der Waals surface area contributed by atoms with Crippen LogP contribution in [0.2, 0.25) is 0 Å². The molecule has 1 fully saturated rings. The van der Waals surface area contributed by atoms with Crippen LogP contribution in [-0.4, -0.2) is 19.5 Å². The Morgan fingerprint density at radius 3 is 2.33 bits per heavy atom. The van der Waals surface area contributed by atoms with E-state index in [2.05, 4.69) is 9.64 Å². The first-order chi connectivity index (χ1) is 11.4. The molecule has 0 radical (unpaired) electrons. The van der Waals surface area contributed by atoms with Gasteiger partial charge in [0.1, 0.15) is 5.75 Å². The molecule has 6 heteroatoms. The predicted octanol–water partition coefficient (Wildman–Crippen LogP) is 4.82. The first-order valence-corrected chi connectivity index (χ1v) is 7.94. The lowest BCUT2D eigenvalue weighted by Crippen LogP contribution is -2.30. The Balaban J connectivity index is 2.06. The minimum absolute atomic E-state index is 0.201. The average molecular weight is 336 g/mol. The number of nitrogens with two attached hydrogens (primary N) is 1. The fourth-order valence-electron chi connectivity index (χ4n) is 3.08. The van der Waals surface area contributed by atoms with Gasteiger partial charge in [-0.25, -0.2) is 0 Å². The summed E-state index contributed by atoms with van der Waals surface area (Å²) in [4.78, 5) is 2.18. The number of nitrogens with zero attached hydrogens (tertiary/aromatic N) is 1. The third kappa shape index (κ3) is 3.75. The third-order valence-corrected chi connectivity index (χ3v) is 4.12. The van der Waals surface area contributed by atoms with Crippen molar-refractivity contribution in [2.45, 2.75) is 25.6 Å². The van der Waals surface area contributed by atoms with Crippen LogP contribution in [0.25, 0.3) is 11.1 Å². The molecule has 0 bridgehead atoms. The molecule has 1 saturated heterocycles. The number of hydrogen-bond acceptors (Lipinski definition) is 3. The maximum absolute atomic E-state index is 12.7. The molecule has 0 spiro atoms. The van der Waals surface area contributed by atoms with E-state index in [0.29, 0.717) is 16.8 Å². The minimum Gasteiger partial charge on any atom is -0.405 e. The number of para-hydroxylation sites is 1. The Labute approximate surface area is 138 Å². The Bertz CT molecular complexity index is 710. The van der Waals surface area contributed by atoms with Gasteiger partial charge in [0.15, 0.2) is 0 Å². The number of anilines is 2. The molecule has 24 heavy (non-hydrogen) atoms. The molecule has 0 unspecified atom stereocenters. The van der Waals surface area contributed by atoms with Gasteiger partial charge in [0.25, 0.3) is 0 Å². The number of benzene rings is 2. The normalized spacial score (nSPS) is 15.4. The Kier molecular flexibility index (Phi) is 4.55. The van der Waals surface area contributed by atoms with Crippen molar-refractivity contribution in [3.63, 3.8) is 0 Å². The van der Waals surface area contributed by atoms with Gasteiger partial charge in [0.05, 0.1) is 0 Å². The molecule has 1 aliphatic rings. The van der Waals surface area contributed by atoms with Crippen molar-refractivity contribution in [2.24, 2.45) is 0 Å². The van der Waals surface area contributed by atoms with Crippen molar-refractivity contribution in [3.8, 4) is 16.9 Å². The van der Waals surface area contributed by atoms with Crippen molar-refractivity contribution < 1.29 is 17.9 Å². The second kappa shape index (κ2) is 6.63. The third-order valence-electron chi connectivity index (χ3n) is 4.12. The summed E-state index contributed by atoms with van der Waals surface area (Å²) in [5.74, 6) is -0.201. The molecule has 1 heterocycles. The van der Waals surface area contributed by atoms with E-state index >= 15 is 0 Å². The monoisotopic (exact) mass is 336 g/mol. The van der Waals surface area contributed by atoms with Crippen LogP contribution in [0.1, 0.15) is 19.3 Å². The van der Waals surface area contributed by atoms with Gasteiger partial charge in [-0.3, -0.25) is 0 Å². The van der Waals surface area contributed by atoms with E-state index in [1.807, 2.05) is 6.07 Å². The van der Waals surface area contributed by atoms with E-state index in [0.717, 1.165) is 31.6 Å². The van der Waals surface area contributed by atoms with Crippen LogP contribution >= 0.6 is 0 Å². The summed E-state index contributed by atoms with van der Waals surface area (Å²) in [6.07, 6.45) is -1.43. The van der Waals surface area contributed by atoms with Gasteiger partial charge in [-0.15, -0.1) is 13.2 Å². The number of rotatable bonds is 3. The molecule has 3 nitrogen and oxygen atoms in total. The molecule has 0 amide bonds. The first-order valence-electron chi connectivity index (χ1n) is 7.94. The minimum atomic E-state index is -4.73. The first kappa shape index (κ1) is 16.5. The summed E-state index contributed by atoms with van der Waals surface area (Å²) >= 11 is 0. The van der Waals surface area contributed by atoms with Crippen LogP contribution in [-0.2, 0) is 0 Å². The fraction of sp³-hybridized carbons (Fsp3) is 0.333. The summed E-state index contributed by atoms with van der Waals surface area (Å²) in [6, 6.07) is 11.5. The highest BCUT2D eigenvalue weighted by atomic mass is 19.4. The van der Waals surface area contributed by atoms with E-state index in [9.17, 15) is 13.2 Å². The van der Waals surface area contributed by atoms with Crippen LogP contribution in [0.5, 0.6) is 5.75 Å². The standard InChI is InChI=1S/C18H19F3N2O/c19-18(20,21)24-17-7-3-2-6-15(17)14-9-8-13(22)12-16(14)23-10-4-1-5-11-23/h2-3,6-9,12H,1,4-5,10-11,22H2. The van der Waals surface area contributed by atoms with Gasteiger partial charge in [-0.05, 0) is 37.5 Å². The SMILES string of the molecule is Nc1ccc(-c2ccccc2OC(F)(F)F)c(N2CCCCC2)c1.